The Bertz CT molecular complexity index is 1210. The first kappa shape index (κ1) is 24.4. The number of aryl methyl sites for hydroxylation is 2. The van der Waals surface area contributed by atoms with E-state index in [1.165, 1.54) is 11.1 Å². The predicted molar refractivity (Wildman–Crippen MR) is 144 cm³/mol. The molecule has 4 rings (SSSR count). The van der Waals surface area contributed by atoms with E-state index in [2.05, 4.69) is 91.5 Å². The maximum absolute atomic E-state index is 10.0. The molecule has 0 amide bonds. The van der Waals surface area contributed by atoms with Crippen LogP contribution in [0.1, 0.15) is 34.2 Å². The summed E-state index contributed by atoms with van der Waals surface area (Å²) < 4.78 is 0. The lowest BCUT2D eigenvalue weighted by Gasteiger charge is -2.25. The number of nitrogens with zero attached hydrogens (tertiary/aromatic N) is 1. The molecule has 0 aromatic heterocycles. The average Bonchev–Trinajstić information content (AvgIpc) is 2.86. The number of hydrogen-bond acceptors (Lipinski definition) is 4. The van der Waals surface area contributed by atoms with Crippen molar-refractivity contribution < 1.29 is 15.3 Å². The molecule has 0 aliphatic rings. The molecule has 0 saturated carbocycles. The molecule has 0 unspecified atom stereocenters. The minimum absolute atomic E-state index is 0.128. The number of aliphatic hydroxyl groups is 3. The molecule has 4 heteroatoms. The highest BCUT2D eigenvalue weighted by Gasteiger charge is 2.24. The van der Waals surface area contributed by atoms with E-state index >= 15 is 0 Å². The van der Waals surface area contributed by atoms with Crippen LogP contribution in [0.5, 0.6) is 0 Å². The van der Waals surface area contributed by atoms with Crippen molar-refractivity contribution in [3.63, 3.8) is 0 Å². The number of benzene rings is 4. The molecule has 4 nitrogen and oxygen atoms in total. The number of rotatable bonds is 8. The number of hydrogen-bond donors (Lipinski definition) is 3. The first-order valence-electron chi connectivity index (χ1n) is 11.7. The Kier molecular flexibility index (Phi) is 7.47. The largest absolute Gasteiger partial charge is 0.396 e. The van der Waals surface area contributed by atoms with Crippen molar-refractivity contribution in [2.24, 2.45) is 0 Å². The molecule has 178 valence electrons. The lowest BCUT2D eigenvalue weighted by molar-refractivity contribution is -0.179. The highest BCUT2D eigenvalue weighted by Crippen LogP contribution is 2.35. The number of aliphatic hydroxyl groups excluding tert-OH is 1. The first-order valence-corrected chi connectivity index (χ1v) is 11.7. The van der Waals surface area contributed by atoms with E-state index in [9.17, 15) is 10.2 Å². The standard InChI is InChI=1S/C31H31NO3/c1-23-3-15-28(16-4-23)32(29-17-5-24(2)6-18-29)30-19-11-26(12-20-30)8-7-25-9-13-27(14-10-25)31(34,35)21-22-33/h3-20,33-35H,21-22H2,1-2H3. The third kappa shape index (κ3) is 6.06. The van der Waals surface area contributed by atoms with Gasteiger partial charge in [-0.15, -0.1) is 0 Å². The Labute approximate surface area is 207 Å². The van der Waals surface area contributed by atoms with Gasteiger partial charge in [-0.3, -0.25) is 0 Å². The summed E-state index contributed by atoms with van der Waals surface area (Å²) in [6.07, 6.45) is 3.88. The summed E-state index contributed by atoms with van der Waals surface area (Å²) >= 11 is 0. The van der Waals surface area contributed by atoms with Crippen LogP contribution in [0.4, 0.5) is 17.1 Å². The van der Waals surface area contributed by atoms with Crippen molar-refractivity contribution in [2.75, 3.05) is 11.5 Å². The van der Waals surface area contributed by atoms with Crippen molar-refractivity contribution in [2.45, 2.75) is 26.1 Å². The van der Waals surface area contributed by atoms with Gasteiger partial charge in [-0.25, -0.2) is 0 Å². The van der Waals surface area contributed by atoms with Gasteiger partial charge in [0, 0.05) is 35.7 Å². The molecule has 0 saturated heterocycles. The quantitative estimate of drug-likeness (QED) is 0.206. The van der Waals surface area contributed by atoms with Crippen LogP contribution in [0, 0.1) is 13.8 Å². The Hall–Kier alpha value is -3.70. The van der Waals surface area contributed by atoms with Gasteiger partial charge >= 0.3 is 0 Å². The lowest BCUT2D eigenvalue weighted by Crippen LogP contribution is -2.26. The van der Waals surface area contributed by atoms with Crippen LogP contribution in [-0.4, -0.2) is 21.9 Å². The Morgan fingerprint density at radius 2 is 0.971 bits per heavy atom. The van der Waals surface area contributed by atoms with Gasteiger partial charge in [-0.1, -0.05) is 83.9 Å². The van der Waals surface area contributed by atoms with Crippen LogP contribution >= 0.6 is 0 Å². The third-order valence-electron chi connectivity index (χ3n) is 6.04. The molecule has 35 heavy (non-hydrogen) atoms. The molecule has 0 aliphatic carbocycles. The van der Waals surface area contributed by atoms with Gasteiger partial charge < -0.3 is 20.2 Å². The average molecular weight is 466 g/mol. The summed E-state index contributed by atoms with van der Waals surface area (Å²) in [6.45, 7) is 3.89. The lowest BCUT2D eigenvalue weighted by atomic mass is 10.0. The highest BCUT2D eigenvalue weighted by molar-refractivity contribution is 5.78. The molecule has 3 N–H and O–H groups in total. The second kappa shape index (κ2) is 10.7. The minimum atomic E-state index is -2.02. The molecule has 0 fully saturated rings. The number of anilines is 3. The van der Waals surface area contributed by atoms with Gasteiger partial charge in [0.25, 0.3) is 0 Å². The summed E-state index contributed by atoms with van der Waals surface area (Å²) in [4.78, 5) is 2.24. The molecule has 0 bridgehead atoms. The summed E-state index contributed by atoms with van der Waals surface area (Å²) in [5.74, 6) is -2.02. The van der Waals surface area contributed by atoms with Gasteiger partial charge in [0.1, 0.15) is 0 Å². The Morgan fingerprint density at radius 3 is 1.37 bits per heavy atom. The second-order valence-electron chi connectivity index (χ2n) is 8.84. The SMILES string of the molecule is Cc1ccc(N(c2ccc(C)cc2)c2ccc(C=Cc3ccc(C(O)(O)CCO)cc3)cc2)cc1. The summed E-state index contributed by atoms with van der Waals surface area (Å²) in [7, 11) is 0. The van der Waals surface area contributed by atoms with Crippen molar-refractivity contribution in [1.82, 2.24) is 0 Å². The highest BCUT2D eigenvalue weighted by atomic mass is 16.5. The molecule has 4 aromatic rings. The van der Waals surface area contributed by atoms with Crippen molar-refractivity contribution in [1.29, 1.82) is 0 Å². The monoisotopic (exact) mass is 465 g/mol. The van der Waals surface area contributed by atoms with Crippen LogP contribution in [0.15, 0.2) is 97.1 Å². The van der Waals surface area contributed by atoms with Crippen molar-refractivity contribution in [3.05, 3.63) is 125 Å². The van der Waals surface area contributed by atoms with E-state index in [4.69, 9.17) is 5.11 Å². The zero-order valence-corrected chi connectivity index (χ0v) is 20.1. The van der Waals surface area contributed by atoms with Crippen molar-refractivity contribution in [3.8, 4) is 0 Å². The molecule has 4 aromatic carbocycles. The van der Waals surface area contributed by atoms with E-state index in [-0.39, 0.29) is 13.0 Å². The van der Waals surface area contributed by atoms with Crippen LogP contribution in [-0.2, 0) is 5.79 Å². The van der Waals surface area contributed by atoms with E-state index in [1.807, 2.05) is 24.3 Å². The summed E-state index contributed by atoms with van der Waals surface area (Å²) in [6, 6.07) is 32.5. The minimum Gasteiger partial charge on any atom is -0.396 e. The van der Waals surface area contributed by atoms with E-state index in [0.29, 0.717) is 5.56 Å². The molecule has 0 radical (unpaired) electrons. The fraction of sp³-hybridized carbons (Fsp3) is 0.161. The van der Waals surface area contributed by atoms with Gasteiger partial charge in [0.05, 0.1) is 0 Å². The van der Waals surface area contributed by atoms with Crippen LogP contribution in [0.3, 0.4) is 0 Å². The van der Waals surface area contributed by atoms with E-state index < -0.39 is 5.79 Å². The Morgan fingerprint density at radius 1 is 0.600 bits per heavy atom. The van der Waals surface area contributed by atoms with Gasteiger partial charge in [0.2, 0.25) is 0 Å². The van der Waals surface area contributed by atoms with Crippen molar-refractivity contribution >= 4 is 29.2 Å². The van der Waals surface area contributed by atoms with Crippen LogP contribution in [0.25, 0.3) is 12.2 Å². The third-order valence-corrected chi connectivity index (χ3v) is 6.04. The normalized spacial score (nSPS) is 11.7. The molecular formula is C31H31NO3. The van der Waals surface area contributed by atoms with E-state index in [0.717, 1.165) is 28.2 Å². The maximum Gasteiger partial charge on any atom is 0.191 e. The van der Waals surface area contributed by atoms with Gasteiger partial charge in [-0.2, -0.15) is 0 Å². The zero-order valence-electron chi connectivity index (χ0n) is 20.1. The van der Waals surface area contributed by atoms with Crippen LogP contribution < -0.4 is 4.90 Å². The van der Waals surface area contributed by atoms with Gasteiger partial charge in [-0.05, 0) is 61.4 Å². The van der Waals surface area contributed by atoms with E-state index in [1.54, 1.807) is 12.1 Å². The fourth-order valence-corrected chi connectivity index (χ4v) is 3.92. The molecule has 0 spiro atoms. The smallest absolute Gasteiger partial charge is 0.191 e. The molecule has 0 atom stereocenters. The first-order chi connectivity index (χ1) is 16.9. The van der Waals surface area contributed by atoms with Gasteiger partial charge in [0.15, 0.2) is 5.79 Å². The zero-order chi connectivity index (χ0) is 24.8. The maximum atomic E-state index is 10.0. The summed E-state index contributed by atoms with van der Waals surface area (Å²) in [5.41, 5.74) is 8.10. The second-order valence-corrected chi connectivity index (χ2v) is 8.84. The topological polar surface area (TPSA) is 63.9 Å². The molecule has 0 aliphatic heterocycles. The molecular weight excluding hydrogens is 434 g/mol. The molecule has 0 heterocycles. The predicted octanol–water partition coefficient (Wildman–Crippen LogP) is 6.46. The fourth-order valence-electron chi connectivity index (χ4n) is 3.92. The Balaban J connectivity index is 1.55. The summed E-state index contributed by atoms with van der Waals surface area (Å²) in [5, 5.41) is 29.0. The van der Waals surface area contributed by atoms with Crippen LogP contribution in [0.2, 0.25) is 0 Å².